The maximum atomic E-state index is 12.7. The number of aliphatic imine (C=N–C) groups is 2. The van der Waals surface area contributed by atoms with Crippen LogP contribution >= 0.6 is 46.4 Å². The molecule has 0 saturated carbocycles. The number of nitrogens with one attached hydrogen (secondary N) is 3. The number of fused-ring (bicyclic) bond motifs is 3. The van der Waals surface area contributed by atoms with Gasteiger partial charge in [0, 0.05) is 79.7 Å². The van der Waals surface area contributed by atoms with E-state index in [9.17, 15) is 24.6 Å². The maximum Gasteiger partial charge on any atom is 0.251 e. The van der Waals surface area contributed by atoms with Crippen molar-refractivity contribution in [2.75, 3.05) is 0 Å². The van der Waals surface area contributed by atoms with Crippen LogP contribution in [0.4, 0.5) is 11.6 Å². The number of rotatable bonds is 15. The summed E-state index contributed by atoms with van der Waals surface area (Å²) in [6.07, 6.45) is 4.45. The molecule has 3 aromatic heterocycles. The molecule has 3 atom stereocenters. The van der Waals surface area contributed by atoms with Gasteiger partial charge in [-0.1, -0.05) is 156 Å². The Morgan fingerprint density at radius 3 is 1.18 bits per heavy atom. The largest absolute Gasteiger partial charge is 0.370 e. The van der Waals surface area contributed by atoms with E-state index >= 15 is 0 Å². The monoisotopic (exact) mass is 1150 g/mol. The van der Waals surface area contributed by atoms with Crippen LogP contribution < -0.4 is 38.9 Å². The first-order chi connectivity index (χ1) is 38.3. The molecule has 0 radical (unpaired) electrons. The second kappa shape index (κ2) is 27.9. The summed E-state index contributed by atoms with van der Waals surface area (Å²) < 4.78 is 0. The first kappa shape index (κ1) is 59.2. The molecule has 0 saturated heterocycles. The number of nitrogens with two attached hydrogens (primary N) is 4. The van der Waals surface area contributed by atoms with E-state index in [0.717, 1.165) is 34.7 Å². The van der Waals surface area contributed by atoms with Crippen molar-refractivity contribution in [3.63, 3.8) is 0 Å². The lowest BCUT2D eigenvalue weighted by Gasteiger charge is -2.21. The van der Waals surface area contributed by atoms with Gasteiger partial charge in [-0.05, 0) is 86.2 Å². The fraction of sp³-hybridized carbons (Fsp3) is 0.153. The molecule has 13 N–H and O–H groups in total. The van der Waals surface area contributed by atoms with Crippen LogP contribution in [0.25, 0.3) is 32.3 Å². The summed E-state index contributed by atoms with van der Waals surface area (Å²) in [5.41, 5.74) is 26.3. The van der Waals surface area contributed by atoms with Crippen molar-refractivity contribution in [2.45, 2.75) is 57.5 Å². The summed E-state index contributed by atoms with van der Waals surface area (Å²) in [7, 11) is 0. The third kappa shape index (κ3) is 16.3. The van der Waals surface area contributed by atoms with E-state index in [1.165, 1.54) is 24.2 Å². The van der Waals surface area contributed by atoms with Crippen molar-refractivity contribution in [3.05, 3.63) is 218 Å². The molecule has 3 amide bonds. The van der Waals surface area contributed by atoms with Gasteiger partial charge >= 0.3 is 0 Å². The van der Waals surface area contributed by atoms with Gasteiger partial charge in [-0.2, -0.15) is 9.98 Å². The van der Waals surface area contributed by atoms with Crippen molar-refractivity contribution in [1.82, 2.24) is 30.9 Å². The first-order valence-corrected chi connectivity index (χ1v) is 26.3. The summed E-state index contributed by atoms with van der Waals surface area (Å²) in [6, 6.07) is 43.6. The third-order valence-electron chi connectivity index (χ3n) is 12.2. The number of benzene rings is 6. The molecule has 3 heterocycles. The number of aromatic nitrogens is 3. The Morgan fingerprint density at radius 2 is 0.800 bits per heavy atom. The zero-order valence-corrected chi connectivity index (χ0v) is 46.2. The Balaban J connectivity index is 0.000000174. The van der Waals surface area contributed by atoms with Crippen LogP contribution in [0, 0.1) is 0 Å². The molecule has 6 aromatic carbocycles. The lowest BCUT2D eigenvalue weighted by molar-refractivity contribution is -0.0647. The number of hydrogen-bond donors (Lipinski definition) is 9. The van der Waals surface area contributed by atoms with E-state index in [1.807, 2.05) is 105 Å². The normalized spacial score (nSPS) is 12.0. The SMILES string of the molecule is CC(Cc1ccccc1)NC(=O)c1ccc2c(Cl)cnc(Cl)c2c1.CC(Cc1ccccc1)NC(=O)c1ccc2c(Cl)cnc(N=C(N)N)c2c1.NC(N)=Nc1ncc(Cl)c2ccc(C(=O)NC(Cc3ccccc3)C(O)O)cc12. The number of aliphatic hydroxyl groups is 2. The van der Waals surface area contributed by atoms with E-state index in [2.05, 4.69) is 40.9 Å². The summed E-state index contributed by atoms with van der Waals surface area (Å²) in [6.45, 7) is 3.95. The van der Waals surface area contributed by atoms with Crippen LogP contribution in [0.3, 0.4) is 0 Å². The number of halogens is 4. The van der Waals surface area contributed by atoms with Crippen LogP contribution in [-0.4, -0.2) is 79.2 Å². The smallest absolute Gasteiger partial charge is 0.251 e. The van der Waals surface area contributed by atoms with Crippen LogP contribution in [0.5, 0.6) is 0 Å². The van der Waals surface area contributed by atoms with E-state index < -0.39 is 18.2 Å². The second-order valence-electron chi connectivity index (χ2n) is 18.4. The molecule has 0 spiro atoms. The van der Waals surface area contributed by atoms with Crippen molar-refractivity contribution in [3.8, 4) is 0 Å². The van der Waals surface area contributed by atoms with Gasteiger partial charge in [0.1, 0.15) is 5.15 Å². The van der Waals surface area contributed by atoms with Crippen LogP contribution in [0.15, 0.2) is 174 Å². The summed E-state index contributed by atoms with van der Waals surface area (Å²) in [5.74, 6) is -0.563. The molecule has 410 valence electrons. The predicted molar refractivity (Wildman–Crippen MR) is 320 cm³/mol. The molecule has 0 aliphatic carbocycles. The fourth-order valence-corrected chi connectivity index (χ4v) is 9.26. The van der Waals surface area contributed by atoms with Crippen LogP contribution in [0.1, 0.15) is 61.6 Å². The van der Waals surface area contributed by atoms with Crippen molar-refractivity contribution >= 4 is 120 Å². The fourth-order valence-electron chi connectivity index (χ4n) is 8.41. The quantitative estimate of drug-likeness (QED) is 0.0201. The molecular formula is C59H56Cl4N12O5. The topological polar surface area (TPSA) is 295 Å². The van der Waals surface area contributed by atoms with E-state index in [0.29, 0.717) is 58.7 Å². The highest BCUT2D eigenvalue weighted by Gasteiger charge is 2.22. The minimum atomic E-state index is -1.73. The van der Waals surface area contributed by atoms with Gasteiger partial charge < -0.3 is 49.1 Å². The molecular weight excluding hydrogens is 1100 g/mol. The van der Waals surface area contributed by atoms with Gasteiger partial charge in [0.25, 0.3) is 17.7 Å². The number of hydrogen-bond acceptors (Lipinski definition) is 10. The highest BCUT2D eigenvalue weighted by molar-refractivity contribution is 6.39. The highest BCUT2D eigenvalue weighted by atomic mass is 35.5. The molecule has 17 nitrogen and oxygen atoms in total. The molecule has 0 fully saturated rings. The van der Waals surface area contributed by atoms with Gasteiger partial charge in [0.2, 0.25) is 0 Å². The van der Waals surface area contributed by atoms with E-state index in [-0.39, 0.29) is 53.6 Å². The van der Waals surface area contributed by atoms with E-state index in [1.54, 1.807) is 54.6 Å². The van der Waals surface area contributed by atoms with Gasteiger partial charge in [0.05, 0.1) is 21.1 Å². The second-order valence-corrected chi connectivity index (χ2v) is 20.0. The Morgan fingerprint density at radius 1 is 0.463 bits per heavy atom. The molecule has 3 unspecified atom stereocenters. The predicted octanol–water partition coefficient (Wildman–Crippen LogP) is 9.50. The van der Waals surface area contributed by atoms with Crippen molar-refractivity contribution in [1.29, 1.82) is 0 Å². The number of amides is 3. The molecule has 9 rings (SSSR count). The van der Waals surface area contributed by atoms with E-state index in [4.69, 9.17) is 69.3 Å². The average Bonchev–Trinajstić information content (AvgIpc) is 3.51. The number of carbonyl (C=O) groups is 3. The number of pyridine rings is 3. The molecule has 0 aliphatic rings. The molecule has 9 aromatic rings. The summed E-state index contributed by atoms with van der Waals surface area (Å²) >= 11 is 24.6. The van der Waals surface area contributed by atoms with Crippen molar-refractivity contribution < 1.29 is 24.6 Å². The van der Waals surface area contributed by atoms with Gasteiger partial charge in [0.15, 0.2) is 29.8 Å². The minimum Gasteiger partial charge on any atom is -0.370 e. The number of aliphatic hydroxyl groups excluding tert-OH is 1. The zero-order chi connectivity index (χ0) is 57.5. The number of nitrogens with zero attached hydrogens (tertiary/aromatic N) is 5. The molecule has 0 bridgehead atoms. The molecule has 21 heteroatoms. The lowest BCUT2D eigenvalue weighted by atomic mass is 10.0. The number of carbonyl (C=O) groups excluding carboxylic acids is 3. The van der Waals surface area contributed by atoms with Gasteiger partial charge in [-0.25, -0.2) is 15.0 Å². The van der Waals surface area contributed by atoms with Crippen molar-refractivity contribution in [2.24, 2.45) is 32.9 Å². The van der Waals surface area contributed by atoms with Gasteiger partial charge in [-0.3, -0.25) is 14.4 Å². The Bertz CT molecular complexity index is 3700. The maximum absolute atomic E-state index is 12.7. The lowest BCUT2D eigenvalue weighted by Crippen LogP contribution is -2.44. The summed E-state index contributed by atoms with van der Waals surface area (Å²) in [5, 5.41) is 33.6. The minimum absolute atomic E-state index is 0.0172. The third-order valence-corrected chi connectivity index (χ3v) is 13.4. The average molecular weight is 1150 g/mol. The molecule has 0 aliphatic heterocycles. The summed E-state index contributed by atoms with van der Waals surface area (Å²) in [4.78, 5) is 58.1. The first-order valence-electron chi connectivity index (χ1n) is 24.8. The van der Waals surface area contributed by atoms with Gasteiger partial charge in [-0.15, -0.1) is 0 Å². The number of guanidine groups is 2. The Labute approximate surface area is 481 Å². The standard InChI is InChI=1S/C20H20ClN5O3.C20H20ClN5O.C19H16Cl2N2O/c21-15-10-24-17(26-20(22)23)14-9-12(6-7-13(14)15)18(27)25-16(19(28)29)8-11-4-2-1-3-5-11;1-12(9-13-5-3-2-4-6-13)25-19(27)14-7-8-15-16(10-14)18(26-20(22)23)24-11-17(15)21;1-12(9-13-5-3-2-4-6-13)23-19(24)14-7-8-15-16(10-14)18(21)22-11-17(15)20/h1-7,9-10,16,19,28-29H,8H2,(H,25,27)(H4,22,23,24,26);2-8,10-12H,9H2,1H3,(H,25,27)(H4,22,23,24,26);2-8,10-12H,9H2,1H3,(H,23,24). The Kier molecular flexibility index (Phi) is 20.7. The van der Waals surface area contributed by atoms with Crippen LogP contribution in [-0.2, 0) is 19.3 Å². The van der Waals surface area contributed by atoms with Crippen LogP contribution in [0.2, 0.25) is 20.2 Å². The molecule has 80 heavy (non-hydrogen) atoms. The Hall–Kier alpha value is -8.42. The highest BCUT2D eigenvalue weighted by Crippen LogP contribution is 2.32. The zero-order valence-electron chi connectivity index (χ0n) is 43.2.